The lowest BCUT2D eigenvalue weighted by Gasteiger charge is -2.09. The third-order valence-electron chi connectivity index (χ3n) is 2.72. The van der Waals surface area contributed by atoms with Crippen molar-refractivity contribution in [1.82, 2.24) is 0 Å². The maximum atomic E-state index is 13.7. The fourth-order valence-electron chi connectivity index (χ4n) is 1.81. The molecule has 0 N–H and O–H groups in total. The van der Waals surface area contributed by atoms with Crippen LogP contribution in [0.2, 0.25) is 0 Å². The van der Waals surface area contributed by atoms with E-state index in [-0.39, 0.29) is 16.9 Å². The van der Waals surface area contributed by atoms with E-state index in [1.54, 1.807) is 0 Å². The Morgan fingerprint density at radius 2 is 1.86 bits per heavy atom. The lowest BCUT2D eigenvalue weighted by atomic mass is 10.0. The average Bonchev–Trinajstić information content (AvgIpc) is 2.44. The summed E-state index contributed by atoms with van der Waals surface area (Å²) in [6.45, 7) is -0.952. The summed E-state index contributed by atoms with van der Waals surface area (Å²) in [6.07, 6.45) is -2.76. The van der Waals surface area contributed by atoms with Gasteiger partial charge in [0.2, 0.25) is 0 Å². The van der Waals surface area contributed by atoms with Crippen molar-refractivity contribution in [2.24, 2.45) is 0 Å². The largest absolute Gasteiger partial charge is 0.487 e. The minimum atomic E-state index is -2.76. The first-order chi connectivity index (χ1) is 10.4. The number of halogens is 4. The first-order valence-corrected chi connectivity index (χ1v) is 6.02. The van der Waals surface area contributed by atoms with Crippen molar-refractivity contribution in [2.45, 2.75) is 6.43 Å². The van der Waals surface area contributed by atoms with Gasteiger partial charge < -0.3 is 4.74 Å². The molecule has 0 unspecified atom stereocenters. The Labute approximate surface area is 122 Å². The molecule has 22 heavy (non-hydrogen) atoms. The van der Waals surface area contributed by atoms with Crippen molar-refractivity contribution < 1.29 is 27.2 Å². The first-order valence-electron chi connectivity index (χ1n) is 6.02. The van der Waals surface area contributed by atoms with Gasteiger partial charge in [0.15, 0.2) is 0 Å². The van der Waals surface area contributed by atoms with E-state index >= 15 is 0 Å². The van der Waals surface area contributed by atoms with Gasteiger partial charge in [0.05, 0.1) is 11.0 Å². The number of hydrogen-bond acceptors (Lipinski definition) is 3. The highest BCUT2D eigenvalue weighted by molar-refractivity contribution is 5.69. The van der Waals surface area contributed by atoms with Crippen molar-refractivity contribution >= 4 is 5.69 Å². The third kappa shape index (κ3) is 3.72. The summed E-state index contributed by atoms with van der Waals surface area (Å²) in [7, 11) is 0. The predicted octanol–water partition coefficient (Wildman–Crippen LogP) is 4.18. The SMILES string of the molecule is O=[N+]([O-])c1cc(OCC(F)F)cc(-c2ccc(F)cc2F)c1. The quantitative estimate of drug-likeness (QED) is 0.472. The van der Waals surface area contributed by atoms with E-state index in [2.05, 4.69) is 0 Å². The van der Waals surface area contributed by atoms with Gasteiger partial charge in [0.1, 0.15) is 24.0 Å². The molecule has 0 aliphatic carbocycles. The number of hydrogen-bond donors (Lipinski definition) is 0. The summed E-state index contributed by atoms with van der Waals surface area (Å²) in [5.74, 6) is -1.94. The van der Waals surface area contributed by atoms with Crippen LogP contribution in [-0.2, 0) is 0 Å². The summed E-state index contributed by atoms with van der Waals surface area (Å²) in [6, 6.07) is 5.87. The standard InChI is InChI=1S/C14H9F4NO3/c15-9-1-2-12(13(16)5-9)8-3-10(19(20)21)6-11(4-8)22-7-14(17)18/h1-6,14H,7H2. The minimum Gasteiger partial charge on any atom is -0.487 e. The molecule has 0 aliphatic heterocycles. The van der Waals surface area contributed by atoms with E-state index < -0.39 is 35.3 Å². The van der Waals surface area contributed by atoms with Gasteiger partial charge in [-0.2, -0.15) is 0 Å². The van der Waals surface area contributed by atoms with Crippen LogP contribution in [0.5, 0.6) is 5.75 Å². The topological polar surface area (TPSA) is 52.4 Å². The molecule has 0 radical (unpaired) electrons. The Kier molecular flexibility index (Phi) is 4.59. The molecular formula is C14H9F4NO3. The maximum absolute atomic E-state index is 13.7. The fraction of sp³-hybridized carbons (Fsp3) is 0.143. The number of nitro benzene ring substituents is 1. The number of non-ortho nitro benzene ring substituents is 1. The van der Waals surface area contributed by atoms with Crippen LogP contribution in [-0.4, -0.2) is 18.0 Å². The Hall–Kier alpha value is -2.64. The number of benzene rings is 2. The second kappa shape index (κ2) is 6.42. The van der Waals surface area contributed by atoms with Crippen molar-refractivity contribution in [1.29, 1.82) is 0 Å². The molecule has 8 heteroatoms. The van der Waals surface area contributed by atoms with E-state index in [1.165, 1.54) is 6.07 Å². The van der Waals surface area contributed by atoms with Gasteiger partial charge in [-0.05, 0) is 23.8 Å². The monoisotopic (exact) mass is 315 g/mol. The van der Waals surface area contributed by atoms with Gasteiger partial charge in [-0.25, -0.2) is 17.6 Å². The molecule has 0 aliphatic rings. The van der Waals surface area contributed by atoms with Gasteiger partial charge in [0.25, 0.3) is 12.1 Å². The van der Waals surface area contributed by atoms with E-state index in [0.717, 1.165) is 24.3 Å². The molecule has 0 atom stereocenters. The molecule has 4 nitrogen and oxygen atoms in total. The zero-order chi connectivity index (χ0) is 16.3. The third-order valence-corrected chi connectivity index (χ3v) is 2.72. The van der Waals surface area contributed by atoms with Crippen molar-refractivity contribution in [2.75, 3.05) is 6.61 Å². The molecule has 0 bridgehead atoms. The van der Waals surface area contributed by atoms with Gasteiger partial charge >= 0.3 is 0 Å². The molecule has 0 fully saturated rings. The van der Waals surface area contributed by atoms with Gasteiger partial charge in [-0.15, -0.1) is 0 Å². The molecule has 0 amide bonds. The molecule has 0 spiro atoms. The molecule has 116 valence electrons. The lowest BCUT2D eigenvalue weighted by molar-refractivity contribution is -0.384. The van der Waals surface area contributed by atoms with Crippen molar-refractivity contribution in [3.8, 4) is 16.9 Å². The minimum absolute atomic E-state index is 0.0240. The number of nitro groups is 1. The molecule has 2 aromatic rings. The molecule has 0 heterocycles. The normalized spacial score (nSPS) is 10.8. The van der Waals surface area contributed by atoms with E-state index in [4.69, 9.17) is 4.74 Å². The smallest absolute Gasteiger partial charge is 0.273 e. The van der Waals surface area contributed by atoms with Crippen molar-refractivity contribution in [3.63, 3.8) is 0 Å². The summed E-state index contributed by atoms with van der Waals surface area (Å²) in [4.78, 5) is 10.1. The van der Waals surface area contributed by atoms with Crippen LogP contribution in [0, 0.1) is 21.7 Å². The second-order valence-corrected chi connectivity index (χ2v) is 4.30. The van der Waals surface area contributed by atoms with Gasteiger partial charge in [0, 0.05) is 17.7 Å². The fourth-order valence-corrected chi connectivity index (χ4v) is 1.81. The van der Waals surface area contributed by atoms with Gasteiger partial charge in [-0.3, -0.25) is 10.1 Å². The number of ether oxygens (including phenoxy) is 1. The lowest BCUT2D eigenvalue weighted by Crippen LogP contribution is -2.07. The Morgan fingerprint density at radius 3 is 2.45 bits per heavy atom. The van der Waals surface area contributed by atoms with Gasteiger partial charge in [-0.1, -0.05) is 0 Å². The highest BCUT2D eigenvalue weighted by Crippen LogP contribution is 2.31. The first kappa shape index (κ1) is 15.7. The van der Waals surface area contributed by atoms with Crippen LogP contribution in [0.3, 0.4) is 0 Å². The highest BCUT2D eigenvalue weighted by Gasteiger charge is 2.15. The summed E-state index contributed by atoms with van der Waals surface area (Å²) < 4.78 is 55.7. The second-order valence-electron chi connectivity index (χ2n) is 4.30. The van der Waals surface area contributed by atoms with Crippen LogP contribution >= 0.6 is 0 Å². The number of nitrogens with zero attached hydrogens (tertiary/aromatic N) is 1. The predicted molar refractivity (Wildman–Crippen MR) is 69.9 cm³/mol. The Bertz CT molecular complexity index is 706. The summed E-state index contributed by atoms with van der Waals surface area (Å²) in [5.41, 5.74) is -0.534. The highest BCUT2D eigenvalue weighted by atomic mass is 19.3. The van der Waals surface area contributed by atoms with E-state index in [0.29, 0.717) is 6.07 Å². The Morgan fingerprint density at radius 1 is 1.14 bits per heavy atom. The van der Waals surface area contributed by atoms with Crippen LogP contribution in [0.4, 0.5) is 23.2 Å². The average molecular weight is 315 g/mol. The zero-order valence-corrected chi connectivity index (χ0v) is 10.9. The van der Waals surface area contributed by atoms with Crippen LogP contribution in [0.15, 0.2) is 36.4 Å². The van der Waals surface area contributed by atoms with E-state index in [9.17, 15) is 27.7 Å². The van der Waals surface area contributed by atoms with Crippen LogP contribution < -0.4 is 4.74 Å². The molecule has 2 rings (SSSR count). The molecule has 2 aromatic carbocycles. The Balaban J connectivity index is 2.47. The zero-order valence-electron chi connectivity index (χ0n) is 10.9. The van der Waals surface area contributed by atoms with E-state index in [1.807, 2.05) is 0 Å². The molecular weight excluding hydrogens is 306 g/mol. The molecule has 0 saturated carbocycles. The van der Waals surface area contributed by atoms with Crippen molar-refractivity contribution in [3.05, 3.63) is 58.1 Å². The molecule has 0 aromatic heterocycles. The number of alkyl halides is 2. The number of rotatable bonds is 5. The van der Waals surface area contributed by atoms with Crippen LogP contribution in [0.1, 0.15) is 0 Å². The summed E-state index contributed by atoms with van der Waals surface area (Å²) in [5, 5.41) is 10.9. The molecule has 0 saturated heterocycles. The van der Waals surface area contributed by atoms with Crippen LogP contribution in [0.25, 0.3) is 11.1 Å². The maximum Gasteiger partial charge on any atom is 0.273 e. The summed E-state index contributed by atoms with van der Waals surface area (Å²) >= 11 is 0.